The third-order valence-corrected chi connectivity index (χ3v) is 10.9. The SMILES string of the molecule is CC(C)c1cc(-c2ccccc2)cc(C(C)C)c1-n1c(-c2cccc3c2oc2cc4ccc5ccccc5c4cc23)nc2ccc3ccccc3c21. The number of hydrogen-bond acceptors (Lipinski definition) is 2. The second kappa shape index (κ2) is 11.7. The summed E-state index contributed by atoms with van der Waals surface area (Å²) in [6.07, 6.45) is 0. The van der Waals surface area contributed by atoms with E-state index in [1.807, 2.05) is 0 Å². The smallest absolute Gasteiger partial charge is 0.149 e. The Balaban J connectivity index is 1.33. The summed E-state index contributed by atoms with van der Waals surface area (Å²) in [5, 5.41) is 9.50. The normalized spacial score (nSPS) is 12.2. The lowest BCUT2D eigenvalue weighted by Gasteiger charge is -2.24. The van der Waals surface area contributed by atoms with Gasteiger partial charge in [-0.2, -0.15) is 0 Å². The molecule has 52 heavy (non-hydrogen) atoms. The first-order chi connectivity index (χ1) is 25.4. The number of nitrogens with zero attached hydrogens (tertiary/aromatic N) is 2. The highest BCUT2D eigenvalue weighted by Gasteiger charge is 2.26. The van der Waals surface area contributed by atoms with Crippen molar-refractivity contribution in [2.75, 3.05) is 0 Å². The van der Waals surface area contributed by atoms with Gasteiger partial charge in [0, 0.05) is 16.2 Å². The summed E-state index contributed by atoms with van der Waals surface area (Å²) in [5.41, 5.74) is 11.1. The summed E-state index contributed by atoms with van der Waals surface area (Å²) in [5.74, 6) is 1.42. The maximum absolute atomic E-state index is 6.91. The van der Waals surface area contributed by atoms with Gasteiger partial charge in [0.15, 0.2) is 0 Å². The second-order valence-electron chi connectivity index (χ2n) is 14.7. The summed E-state index contributed by atoms with van der Waals surface area (Å²) in [4.78, 5) is 5.51. The van der Waals surface area contributed by atoms with Gasteiger partial charge in [0.25, 0.3) is 0 Å². The maximum atomic E-state index is 6.91. The predicted molar refractivity (Wildman–Crippen MR) is 220 cm³/mol. The quantitative estimate of drug-likeness (QED) is 0.171. The van der Waals surface area contributed by atoms with Crippen LogP contribution in [0.4, 0.5) is 0 Å². The summed E-state index contributed by atoms with van der Waals surface area (Å²) >= 11 is 0. The fourth-order valence-electron chi connectivity index (χ4n) is 8.33. The highest BCUT2D eigenvalue weighted by Crippen LogP contribution is 2.44. The van der Waals surface area contributed by atoms with Crippen LogP contribution in [0.5, 0.6) is 0 Å². The number of fused-ring (bicyclic) bond motifs is 9. The number of hydrogen-bond donors (Lipinski definition) is 0. The van der Waals surface area contributed by atoms with Crippen LogP contribution >= 0.6 is 0 Å². The van der Waals surface area contributed by atoms with E-state index in [9.17, 15) is 0 Å². The van der Waals surface area contributed by atoms with Crippen LogP contribution in [-0.4, -0.2) is 9.55 Å². The van der Waals surface area contributed by atoms with Crippen molar-refractivity contribution in [1.82, 2.24) is 9.55 Å². The molecule has 0 amide bonds. The minimum Gasteiger partial charge on any atom is -0.455 e. The Labute approximate surface area is 302 Å². The number of benzene rings is 8. The highest BCUT2D eigenvalue weighted by molar-refractivity contribution is 6.18. The Hall–Kier alpha value is -6.19. The fraction of sp³-hybridized carbons (Fsp3) is 0.122. The van der Waals surface area contributed by atoms with Crippen LogP contribution in [0.1, 0.15) is 50.7 Å². The average Bonchev–Trinajstić information content (AvgIpc) is 3.75. The zero-order valence-electron chi connectivity index (χ0n) is 29.8. The molecule has 10 aromatic rings. The molecule has 3 nitrogen and oxygen atoms in total. The maximum Gasteiger partial charge on any atom is 0.149 e. The number of para-hydroxylation sites is 1. The van der Waals surface area contributed by atoms with Crippen LogP contribution in [0.15, 0.2) is 150 Å². The Morgan fingerprint density at radius 2 is 1.13 bits per heavy atom. The van der Waals surface area contributed by atoms with Gasteiger partial charge in [0.1, 0.15) is 17.0 Å². The monoisotopic (exact) mass is 670 g/mol. The molecule has 2 heterocycles. The molecule has 0 spiro atoms. The van der Waals surface area contributed by atoms with Gasteiger partial charge in [0.05, 0.1) is 22.3 Å². The van der Waals surface area contributed by atoms with Crippen molar-refractivity contribution in [3.05, 3.63) is 157 Å². The van der Waals surface area contributed by atoms with Gasteiger partial charge >= 0.3 is 0 Å². The fourth-order valence-corrected chi connectivity index (χ4v) is 8.33. The lowest BCUT2D eigenvalue weighted by Crippen LogP contribution is -2.09. The van der Waals surface area contributed by atoms with E-state index in [1.54, 1.807) is 0 Å². The molecule has 2 aromatic heterocycles. The number of furan rings is 1. The lowest BCUT2D eigenvalue weighted by atomic mass is 9.88. The molecule has 0 unspecified atom stereocenters. The van der Waals surface area contributed by atoms with Crippen LogP contribution < -0.4 is 0 Å². The number of imidazole rings is 1. The largest absolute Gasteiger partial charge is 0.455 e. The minimum atomic E-state index is 0.265. The van der Waals surface area contributed by atoms with Gasteiger partial charge in [0.2, 0.25) is 0 Å². The van der Waals surface area contributed by atoms with E-state index in [0.29, 0.717) is 0 Å². The van der Waals surface area contributed by atoms with Gasteiger partial charge in [-0.25, -0.2) is 4.98 Å². The summed E-state index contributed by atoms with van der Waals surface area (Å²) < 4.78 is 9.37. The summed E-state index contributed by atoms with van der Waals surface area (Å²) in [6.45, 7) is 9.23. The summed E-state index contributed by atoms with van der Waals surface area (Å²) in [6, 6.07) is 52.7. The molecule has 0 aliphatic rings. The number of aromatic nitrogens is 2. The average molecular weight is 671 g/mol. The molecule has 0 radical (unpaired) electrons. The van der Waals surface area contributed by atoms with Gasteiger partial charge in [-0.1, -0.05) is 137 Å². The molecule has 10 rings (SSSR count). The van der Waals surface area contributed by atoms with E-state index in [4.69, 9.17) is 9.40 Å². The molecule has 0 N–H and O–H groups in total. The van der Waals surface area contributed by atoms with Crippen molar-refractivity contribution in [2.24, 2.45) is 0 Å². The predicted octanol–water partition coefficient (Wildman–Crippen LogP) is 14.0. The van der Waals surface area contributed by atoms with Crippen LogP contribution in [0, 0.1) is 0 Å². The topological polar surface area (TPSA) is 31.0 Å². The van der Waals surface area contributed by atoms with Crippen LogP contribution in [-0.2, 0) is 0 Å². The summed E-state index contributed by atoms with van der Waals surface area (Å²) in [7, 11) is 0. The van der Waals surface area contributed by atoms with Crippen molar-refractivity contribution in [1.29, 1.82) is 0 Å². The van der Waals surface area contributed by atoms with Crippen molar-refractivity contribution in [3.63, 3.8) is 0 Å². The third kappa shape index (κ3) is 4.62. The van der Waals surface area contributed by atoms with Gasteiger partial charge < -0.3 is 4.42 Å². The Kier molecular flexibility index (Phi) is 6.88. The third-order valence-electron chi connectivity index (χ3n) is 10.9. The van der Waals surface area contributed by atoms with Gasteiger partial charge in [-0.15, -0.1) is 0 Å². The van der Waals surface area contributed by atoms with E-state index in [0.717, 1.165) is 44.4 Å². The molecule has 0 saturated heterocycles. The van der Waals surface area contributed by atoms with E-state index in [2.05, 4.69) is 178 Å². The van der Waals surface area contributed by atoms with Crippen molar-refractivity contribution in [3.8, 4) is 28.2 Å². The standard InChI is InChI=1S/C49H38N2O/c1-29(2)40-25-35(31-13-6-5-7-14-31)26-41(30(3)4)46(40)51-47-37-18-11-9-16-33(37)23-24-44(47)50-49(51)39-20-12-19-38-43-28-42-34(27-45(43)52-48(38)39)22-21-32-15-8-10-17-36(32)42/h5-30H,1-4H3. The molecule has 8 aromatic carbocycles. The molecular formula is C49H38N2O. The first kappa shape index (κ1) is 30.6. The van der Waals surface area contributed by atoms with Gasteiger partial charge in [-0.3, -0.25) is 4.57 Å². The molecule has 3 heteroatoms. The zero-order chi connectivity index (χ0) is 35.1. The lowest BCUT2D eigenvalue weighted by molar-refractivity contribution is 0.670. The van der Waals surface area contributed by atoms with Gasteiger partial charge in [-0.05, 0) is 97.4 Å². The first-order valence-corrected chi connectivity index (χ1v) is 18.4. The molecule has 250 valence electrons. The van der Waals surface area contributed by atoms with Crippen LogP contribution in [0.3, 0.4) is 0 Å². The second-order valence-corrected chi connectivity index (χ2v) is 14.7. The Morgan fingerprint density at radius 3 is 1.88 bits per heavy atom. The molecule has 0 aliphatic carbocycles. The van der Waals surface area contributed by atoms with Crippen molar-refractivity contribution >= 4 is 65.3 Å². The first-order valence-electron chi connectivity index (χ1n) is 18.4. The zero-order valence-corrected chi connectivity index (χ0v) is 29.8. The van der Waals surface area contributed by atoms with E-state index < -0.39 is 0 Å². The molecule has 0 bridgehead atoms. The van der Waals surface area contributed by atoms with E-state index in [-0.39, 0.29) is 11.8 Å². The Bertz CT molecular complexity index is 2990. The molecule has 0 atom stereocenters. The molecule has 0 aliphatic heterocycles. The molecule has 0 fully saturated rings. The molecule has 0 saturated carbocycles. The minimum absolute atomic E-state index is 0.265. The highest BCUT2D eigenvalue weighted by atomic mass is 16.3. The Morgan fingerprint density at radius 1 is 0.500 bits per heavy atom. The van der Waals surface area contributed by atoms with E-state index >= 15 is 0 Å². The van der Waals surface area contributed by atoms with Crippen molar-refractivity contribution in [2.45, 2.75) is 39.5 Å². The van der Waals surface area contributed by atoms with Crippen LogP contribution in [0.2, 0.25) is 0 Å². The number of rotatable bonds is 5. The molecular weight excluding hydrogens is 633 g/mol. The van der Waals surface area contributed by atoms with E-state index in [1.165, 1.54) is 60.3 Å². The van der Waals surface area contributed by atoms with Crippen molar-refractivity contribution < 1.29 is 4.42 Å². The van der Waals surface area contributed by atoms with Crippen LogP contribution in [0.25, 0.3) is 93.5 Å².